The van der Waals surface area contributed by atoms with E-state index in [0.717, 1.165) is 16.7 Å². The summed E-state index contributed by atoms with van der Waals surface area (Å²) in [5, 5.41) is 15.6. The number of hydrogen-bond acceptors (Lipinski definition) is 5. The largest absolute Gasteiger partial charge is 0.351 e. The zero-order valence-corrected chi connectivity index (χ0v) is 16.6. The van der Waals surface area contributed by atoms with Crippen LogP contribution in [-0.4, -0.2) is 15.9 Å². The van der Waals surface area contributed by atoms with Gasteiger partial charge in [0.2, 0.25) is 11.5 Å². The average Bonchev–Trinajstić information content (AvgIpc) is 3.19. The Hall–Kier alpha value is -3.77. The van der Waals surface area contributed by atoms with Crippen LogP contribution in [0.1, 0.15) is 21.7 Å². The predicted molar refractivity (Wildman–Crippen MR) is 114 cm³/mol. The van der Waals surface area contributed by atoms with Crippen molar-refractivity contribution >= 4 is 23.1 Å². The van der Waals surface area contributed by atoms with Gasteiger partial charge >= 0.3 is 0 Å². The molecule has 1 heterocycles. The summed E-state index contributed by atoms with van der Waals surface area (Å²) in [6.45, 7) is 1.97. The molecule has 148 valence electrons. The SMILES string of the molecule is Cc1ccc(-c2c(-c3ccc(Cl)cc3)noc2C(=O)c2ccc([N+](=O)[O-])cc2)cc1. The Morgan fingerprint density at radius 3 is 2.13 bits per heavy atom. The molecular weight excluding hydrogens is 404 g/mol. The molecule has 4 aromatic rings. The molecule has 0 aliphatic heterocycles. The minimum absolute atomic E-state index is 0.0673. The monoisotopic (exact) mass is 418 g/mol. The van der Waals surface area contributed by atoms with Crippen LogP contribution in [-0.2, 0) is 0 Å². The van der Waals surface area contributed by atoms with E-state index >= 15 is 0 Å². The Kier molecular flexibility index (Phi) is 5.16. The maximum atomic E-state index is 13.2. The fraction of sp³-hybridized carbons (Fsp3) is 0.0435. The smallest absolute Gasteiger partial charge is 0.269 e. The zero-order chi connectivity index (χ0) is 21.3. The molecule has 3 aromatic carbocycles. The summed E-state index contributed by atoms with van der Waals surface area (Å²) in [6, 6.07) is 20.1. The molecule has 0 fully saturated rings. The Morgan fingerprint density at radius 2 is 1.53 bits per heavy atom. The number of nitro benzene ring substituents is 1. The average molecular weight is 419 g/mol. The Balaban J connectivity index is 1.85. The van der Waals surface area contributed by atoms with E-state index in [1.807, 2.05) is 31.2 Å². The normalized spacial score (nSPS) is 10.7. The van der Waals surface area contributed by atoms with Gasteiger partial charge < -0.3 is 4.52 Å². The van der Waals surface area contributed by atoms with Crippen molar-refractivity contribution in [2.45, 2.75) is 6.92 Å². The second-order valence-corrected chi connectivity index (χ2v) is 7.18. The Morgan fingerprint density at radius 1 is 0.933 bits per heavy atom. The van der Waals surface area contributed by atoms with Crippen molar-refractivity contribution in [1.82, 2.24) is 5.16 Å². The van der Waals surface area contributed by atoms with E-state index in [2.05, 4.69) is 5.16 Å². The summed E-state index contributed by atoms with van der Waals surface area (Å²) in [5.74, 6) is -0.342. The molecule has 6 nitrogen and oxygen atoms in total. The molecule has 1 aromatic heterocycles. The van der Waals surface area contributed by atoms with Gasteiger partial charge in [-0.1, -0.05) is 58.7 Å². The standard InChI is InChI=1S/C23H15ClN2O4/c1-14-2-4-15(5-3-14)20-21(16-6-10-18(24)11-7-16)25-30-23(20)22(27)17-8-12-19(13-9-17)26(28)29/h2-13H,1H3. The molecule has 0 aliphatic rings. The second-order valence-electron chi connectivity index (χ2n) is 6.74. The number of nitrogens with zero attached hydrogens (tertiary/aromatic N) is 2. The lowest BCUT2D eigenvalue weighted by Crippen LogP contribution is -2.02. The fourth-order valence-electron chi connectivity index (χ4n) is 3.10. The molecule has 0 amide bonds. The Labute approximate surface area is 176 Å². The lowest BCUT2D eigenvalue weighted by molar-refractivity contribution is -0.384. The topological polar surface area (TPSA) is 86.2 Å². The molecule has 0 N–H and O–H groups in total. The van der Waals surface area contributed by atoms with Gasteiger partial charge in [-0.3, -0.25) is 14.9 Å². The number of benzene rings is 3. The molecule has 0 saturated carbocycles. The highest BCUT2D eigenvalue weighted by atomic mass is 35.5. The van der Waals surface area contributed by atoms with Crippen LogP contribution < -0.4 is 0 Å². The van der Waals surface area contributed by atoms with Crippen LogP contribution in [0.15, 0.2) is 77.3 Å². The number of ketones is 1. The highest BCUT2D eigenvalue weighted by molar-refractivity contribution is 6.30. The van der Waals surface area contributed by atoms with Crippen LogP contribution in [0.3, 0.4) is 0 Å². The molecule has 0 atom stereocenters. The first-order chi connectivity index (χ1) is 14.4. The molecule has 0 bridgehead atoms. The highest BCUT2D eigenvalue weighted by Crippen LogP contribution is 2.36. The third-order valence-electron chi connectivity index (χ3n) is 4.70. The molecule has 0 radical (unpaired) electrons. The number of rotatable bonds is 5. The van der Waals surface area contributed by atoms with Crippen molar-refractivity contribution in [3.8, 4) is 22.4 Å². The van der Waals surface area contributed by atoms with Gasteiger partial charge in [-0.05, 0) is 36.8 Å². The van der Waals surface area contributed by atoms with Crippen molar-refractivity contribution in [1.29, 1.82) is 0 Å². The minimum atomic E-state index is -0.515. The quantitative estimate of drug-likeness (QED) is 0.222. The number of aromatic nitrogens is 1. The first-order valence-corrected chi connectivity index (χ1v) is 9.43. The molecule has 0 spiro atoms. The number of halogens is 1. The van der Waals surface area contributed by atoms with E-state index in [0.29, 0.717) is 16.3 Å². The van der Waals surface area contributed by atoms with Crippen LogP contribution in [0.5, 0.6) is 0 Å². The predicted octanol–water partition coefficient (Wildman–Crippen LogP) is 6.11. The molecule has 0 aliphatic carbocycles. The number of nitro groups is 1. The van der Waals surface area contributed by atoms with Gasteiger partial charge in [-0.25, -0.2) is 0 Å². The highest BCUT2D eigenvalue weighted by Gasteiger charge is 2.26. The van der Waals surface area contributed by atoms with Crippen molar-refractivity contribution in [2.24, 2.45) is 0 Å². The molecular formula is C23H15ClN2O4. The van der Waals surface area contributed by atoms with Gasteiger partial charge in [0.1, 0.15) is 5.69 Å². The summed E-state index contributed by atoms with van der Waals surface area (Å²) < 4.78 is 5.49. The van der Waals surface area contributed by atoms with Gasteiger partial charge in [0, 0.05) is 28.3 Å². The minimum Gasteiger partial charge on any atom is -0.351 e. The molecule has 4 rings (SSSR count). The maximum Gasteiger partial charge on any atom is 0.269 e. The van der Waals surface area contributed by atoms with Gasteiger partial charge in [0.05, 0.1) is 10.5 Å². The summed E-state index contributed by atoms with van der Waals surface area (Å²) >= 11 is 6.00. The van der Waals surface area contributed by atoms with E-state index in [-0.39, 0.29) is 17.0 Å². The van der Waals surface area contributed by atoms with E-state index < -0.39 is 10.7 Å². The molecule has 7 heteroatoms. The van der Waals surface area contributed by atoms with Gasteiger partial charge in [-0.15, -0.1) is 0 Å². The van der Waals surface area contributed by atoms with Crippen LogP contribution in [0.2, 0.25) is 5.02 Å². The first kappa shape index (κ1) is 19.5. The van der Waals surface area contributed by atoms with E-state index in [1.54, 1.807) is 24.3 Å². The molecule has 0 unspecified atom stereocenters. The van der Waals surface area contributed by atoms with Crippen LogP contribution in [0.4, 0.5) is 5.69 Å². The van der Waals surface area contributed by atoms with Gasteiger partial charge in [-0.2, -0.15) is 0 Å². The second kappa shape index (κ2) is 7.93. The van der Waals surface area contributed by atoms with Gasteiger partial charge in [0.25, 0.3) is 5.69 Å². The number of carbonyl (C=O) groups excluding carboxylic acids is 1. The summed E-state index contributed by atoms with van der Waals surface area (Å²) in [5.41, 5.74) is 3.85. The number of carbonyl (C=O) groups is 1. The van der Waals surface area contributed by atoms with Crippen LogP contribution >= 0.6 is 11.6 Å². The van der Waals surface area contributed by atoms with Gasteiger partial charge in [0.15, 0.2) is 0 Å². The lowest BCUT2D eigenvalue weighted by Gasteiger charge is -2.06. The number of aryl methyl sites for hydroxylation is 1. The van der Waals surface area contributed by atoms with Crippen LogP contribution in [0.25, 0.3) is 22.4 Å². The van der Waals surface area contributed by atoms with Crippen LogP contribution in [0, 0.1) is 17.0 Å². The molecule has 0 saturated heterocycles. The summed E-state index contributed by atoms with van der Waals surface area (Å²) in [4.78, 5) is 23.5. The first-order valence-electron chi connectivity index (χ1n) is 9.06. The molecule has 30 heavy (non-hydrogen) atoms. The van der Waals surface area contributed by atoms with Crippen molar-refractivity contribution in [2.75, 3.05) is 0 Å². The number of hydrogen-bond donors (Lipinski definition) is 0. The van der Waals surface area contributed by atoms with Crippen molar-refractivity contribution in [3.05, 3.63) is 105 Å². The number of non-ortho nitro benzene ring substituents is 1. The van der Waals surface area contributed by atoms with E-state index in [4.69, 9.17) is 16.1 Å². The fourth-order valence-corrected chi connectivity index (χ4v) is 3.23. The van der Waals surface area contributed by atoms with Crippen molar-refractivity contribution < 1.29 is 14.2 Å². The van der Waals surface area contributed by atoms with Crippen molar-refractivity contribution in [3.63, 3.8) is 0 Å². The maximum absolute atomic E-state index is 13.2. The third kappa shape index (κ3) is 3.73. The van der Waals surface area contributed by atoms with E-state index in [9.17, 15) is 14.9 Å². The summed E-state index contributed by atoms with van der Waals surface area (Å²) in [6.07, 6.45) is 0. The van der Waals surface area contributed by atoms with E-state index in [1.165, 1.54) is 24.3 Å². The lowest BCUT2D eigenvalue weighted by atomic mass is 9.95. The third-order valence-corrected chi connectivity index (χ3v) is 4.95. The summed E-state index contributed by atoms with van der Waals surface area (Å²) in [7, 11) is 0. The Bertz CT molecular complexity index is 1230. The zero-order valence-electron chi connectivity index (χ0n) is 15.8.